The Hall–Kier alpha value is -1.45. The van der Waals surface area contributed by atoms with Crippen LogP contribution in [0.1, 0.15) is 29.9 Å². The van der Waals surface area contributed by atoms with Gasteiger partial charge in [-0.05, 0) is 36.0 Å². The highest BCUT2D eigenvalue weighted by Crippen LogP contribution is 2.35. The topological polar surface area (TPSA) is 12.5 Å². The van der Waals surface area contributed by atoms with Crippen molar-refractivity contribution in [2.24, 2.45) is 0 Å². The molecule has 116 valence electrons. The lowest BCUT2D eigenvalue weighted by Crippen LogP contribution is -2.27. The fourth-order valence-electron chi connectivity index (χ4n) is 3.04. The van der Waals surface area contributed by atoms with Gasteiger partial charge < -0.3 is 4.74 Å². The molecule has 0 unspecified atom stereocenters. The van der Waals surface area contributed by atoms with Gasteiger partial charge in [-0.2, -0.15) is 0 Å². The molecular formula is C19H23NOS. The molecule has 0 amide bonds. The molecule has 1 saturated heterocycles. The van der Waals surface area contributed by atoms with E-state index in [9.17, 15) is 0 Å². The van der Waals surface area contributed by atoms with Gasteiger partial charge in [0, 0.05) is 18.8 Å². The Morgan fingerprint density at radius 1 is 1.00 bits per heavy atom. The van der Waals surface area contributed by atoms with Crippen LogP contribution in [0.5, 0.6) is 5.75 Å². The highest BCUT2D eigenvalue weighted by atomic mass is 32.2. The Morgan fingerprint density at radius 3 is 2.41 bits per heavy atom. The molecule has 2 nitrogen and oxygen atoms in total. The van der Waals surface area contributed by atoms with Gasteiger partial charge in [-0.15, -0.1) is 0 Å². The molecule has 2 aromatic carbocycles. The van der Waals surface area contributed by atoms with Crippen molar-refractivity contribution in [3.8, 4) is 5.75 Å². The Morgan fingerprint density at radius 2 is 1.68 bits per heavy atom. The summed E-state index contributed by atoms with van der Waals surface area (Å²) in [7, 11) is 1.77. The average Bonchev–Trinajstić information content (AvgIpc) is 2.61. The first-order chi connectivity index (χ1) is 10.9. The molecule has 0 aliphatic carbocycles. The maximum atomic E-state index is 5.51. The van der Waals surface area contributed by atoms with E-state index in [1.165, 1.54) is 24.0 Å². The van der Waals surface area contributed by atoms with Gasteiger partial charge in [0.05, 0.1) is 7.11 Å². The second kappa shape index (κ2) is 7.70. The quantitative estimate of drug-likeness (QED) is 0.741. The fraction of sp³-hybridized carbons (Fsp3) is 0.368. The number of hydrogen-bond acceptors (Lipinski definition) is 3. The molecule has 0 saturated carbocycles. The van der Waals surface area contributed by atoms with Gasteiger partial charge in [0.15, 0.2) is 0 Å². The molecule has 1 heterocycles. The molecule has 22 heavy (non-hydrogen) atoms. The normalized spacial score (nSPS) is 16.6. The number of ether oxygens (including phenoxy) is 1. The van der Waals surface area contributed by atoms with Crippen LogP contribution in [0, 0.1) is 0 Å². The molecule has 3 rings (SSSR count). The van der Waals surface area contributed by atoms with Gasteiger partial charge in [0.25, 0.3) is 0 Å². The maximum absolute atomic E-state index is 5.51. The van der Waals surface area contributed by atoms with Crippen LogP contribution in [0.4, 0.5) is 0 Å². The first kappa shape index (κ1) is 15.4. The van der Waals surface area contributed by atoms with Crippen LogP contribution in [-0.4, -0.2) is 24.5 Å². The van der Waals surface area contributed by atoms with Crippen molar-refractivity contribution in [3.05, 3.63) is 65.7 Å². The van der Waals surface area contributed by atoms with Crippen LogP contribution in [-0.2, 0) is 5.75 Å². The minimum absolute atomic E-state index is 0.629. The standard InChI is InChI=1S/C19H23NOS/c1-21-19-10-6-5-9-18(19)17-11-13-20(14-12-17)22-15-16-7-3-2-4-8-16/h2-10,17H,11-15H2,1H3. The van der Waals surface area contributed by atoms with Crippen LogP contribution >= 0.6 is 11.9 Å². The molecule has 1 aliphatic heterocycles. The lowest BCUT2D eigenvalue weighted by Gasteiger charge is -2.31. The summed E-state index contributed by atoms with van der Waals surface area (Å²) in [6.45, 7) is 2.31. The highest BCUT2D eigenvalue weighted by Gasteiger charge is 2.23. The van der Waals surface area contributed by atoms with E-state index >= 15 is 0 Å². The van der Waals surface area contributed by atoms with Gasteiger partial charge in [-0.3, -0.25) is 4.31 Å². The Labute approximate surface area is 137 Å². The number of methoxy groups -OCH3 is 1. The summed E-state index contributed by atoms with van der Waals surface area (Å²) < 4.78 is 8.02. The van der Waals surface area contributed by atoms with Gasteiger partial charge in [0.2, 0.25) is 0 Å². The average molecular weight is 313 g/mol. The van der Waals surface area contributed by atoms with Crippen LogP contribution < -0.4 is 4.74 Å². The summed E-state index contributed by atoms with van der Waals surface area (Å²) >= 11 is 1.96. The van der Waals surface area contributed by atoms with Crippen molar-refractivity contribution in [2.75, 3.05) is 20.2 Å². The summed E-state index contributed by atoms with van der Waals surface area (Å²) in [5.74, 6) is 2.74. The number of piperidine rings is 1. The van der Waals surface area contributed by atoms with Crippen molar-refractivity contribution >= 4 is 11.9 Å². The fourth-order valence-corrected chi connectivity index (χ4v) is 4.03. The Balaban J connectivity index is 1.52. The van der Waals surface area contributed by atoms with Crippen molar-refractivity contribution in [2.45, 2.75) is 24.5 Å². The van der Waals surface area contributed by atoms with E-state index in [1.807, 2.05) is 18.0 Å². The number of hydrogen-bond donors (Lipinski definition) is 0. The van der Waals surface area contributed by atoms with Crippen molar-refractivity contribution in [1.82, 2.24) is 4.31 Å². The van der Waals surface area contributed by atoms with Crippen LogP contribution in [0.25, 0.3) is 0 Å². The molecule has 0 radical (unpaired) electrons. The van der Waals surface area contributed by atoms with E-state index in [4.69, 9.17) is 4.74 Å². The van der Waals surface area contributed by atoms with E-state index in [0.717, 1.165) is 24.6 Å². The van der Waals surface area contributed by atoms with Gasteiger partial charge in [0.1, 0.15) is 5.75 Å². The van der Waals surface area contributed by atoms with E-state index in [1.54, 1.807) is 7.11 Å². The number of rotatable bonds is 5. The van der Waals surface area contributed by atoms with Crippen LogP contribution in [0.2, 0.25) is 0 Å². The number of benzene rings is 2. The SMILES string of the molecule is COc1ccccc1C1CCN(SCc2ccccc2)CC1. The predicted molar refractivity (Wildman–Crippen MR) is 94.3 cm³/mol. The maximum Gasteiger partial charge on any atom is 0.122 e. The smallest absolute Gasteiger partial charge is 0.122 e. The van der Waals surface area contributed by atoms with E-state index in [-0.39, 0.29) is 0 Å². The first-order valence-electron chi connectivity index (χ1n) is 7.91. The van der Waals surface area contributed by atoms with Crippen LogP contribution in [0.15, 0.2) is 54.6 Å². The molecule has 0 atom stereocenters. The van der Waals surface area contributed by atoms with Gasteiger partial charge in [-0.1, -0.05) is 60.5 Å². The Kier molecular flexibility index (Phi) is 5.41. The molecule has 0 spiro atoms. The molecule has 0 bridgehead atoms. The highest BCUT2D eigenvalue weighted by molar-refractivity contribution is 7.96. The second-order valence-corrected chi connectivity index (χ2v) is 6.77. The summed E-state index contributed by atoms with van der Waals surface area (Å²) in [6.07, 6.45) is 2.42. The van der Waals surface area contributed by atoms with E-state index in [0.29, 0.717) is 5.92 Å². The summed E-state index contributed by atoms with van der Waals surface area (Å²) in [6, 6.07) is 19.2. The zero-order valence-electron chi connectivity index (χ0n) is 13.1. The molecule has 1 fully saturated rings. The van der Waals surface area contributed by atoms with Crippen molar-refractivity contribution in [3.63, 3.8) is 0 Å². The number of nitrogens with zero attached hydrogens (tertiary/aromatic N) is 1. The first-order valence-corrected chi connectivity index (χ1v) is 8.86. The zero-order chi connectivity index (χ0) is 15.2. The summed E-state index contributed by atoms with van der Waals surface area (Å²) in [4.78, 5) is 0. The van der Waals surface area contributed by atoms with E-state index < -0.39 is 0 Å². The van der Waals surface area contributed by atoms with Crippen LogP contribution in [0.3, 0.4) is 0 Å². The third kappa shape index (κ3) is 3.84. The molecule has 0 N–H and O–H groups in total. The second-order valence-electron chi connectivity index (χ2n) is 5.70. The lowest BCUT2D eigenvalue weighted by atomic mass is 9.89. The van der Waals surface area contributed by atoms with Crippen molar-refractivity contribution in [1.29, 1.82) is 0 Å². The summed E-state index contributed by atoms with van der Waals surface area (Å²) in [5.41, 5.74) is 2.78. The molecular weight excluding hydrogens is 290 g/mol. The lowest BCUT2D eigenvalue weighted by molar-refractivity contribution is 0.335. The van der Waals surface area contributed by atoms with Gasteiger partial charge >= 0.3 is 0 Å². The molecule has 2 aromatic rings. The Bertz CT molecular complexity index is 579. The largest absolute Gasteiger partial charge is 0.496 e. The third-order valence-corrected chi connectivity index (χ3v) is 5.48. The van der Waals surface area contributed by atoms with E-state index in [2.05, 4.69) is 52.8 Å². The molecule has 1 aliphatic rings. The predicted octanol–water partition coefficient (Wildman–Crippen LogP) is 4.72. The minimum Gasteiger partial charge on any atom is -0.496 e. The van der Waals surface area contributed by atoms with Crippen molar-refractivity contribution < 1.29 is 4.74 Å². The zero-order valence-corrected chi connectivity index (χ0v) is 13.9. The number of para-hydroxylation sites is 1. The third-order valence-electron chi connectivity index (χ3n) is 4.29. The summed E-state index contributed by atoms with van der Waals surface area (Å²) in [5, 5.41) is 0. The minimum atomic E-state index is 0.629. The monoisotopic (exact) mass is 313 g/mol. The molecule has 3 heteroatoms. The van der Waals surface area contributed by atoms with Gasteiger partial charge in [-0.25, -0.2) is 0 Å². The molecule has 0 aromatic heterocycles.